The third-order valence-electron chi connectivity index (χ3n) is 3.51. The van der Waals surface area contributed by atoms with Crippen molar-refractivity contribution in [2.75, 3.05) is 32.6 Å². The number of amides is 1. The van der Waals surface area contributed by atoms with Crippen molar-refractivity contribution >= 4 is 11.6 Å². The van der Waals surface area contributed by atoms with E-state index in [0.717, 1.165) is 37.2 Å². The Hall–Kier alpha value is -1.59. The van der Waals surface area contributed by atoms with Gasteiger partial charge in [-0.15, -0.1) is 0 Å². The van der Waals surface area contributed by atoms with Crippen LogP contribution < -0.4 is 11.3 Å². The van der Waals surface area contributed by atoms with Gasteiger partial charge in [0.25, 0.3) is 5.91 Å². The summed E-state index contributed by atoms with van der Waals surface area (Å²) < 4.78 is 0. The monoisotopic (exact) mass is 262 g/mol. The van der Waals surface area contributed by atoms with Crippen molar-refractivity contribution in [1.29, 1.82) is 0 Å². The molecule has 104 valence electrons. The van der Waals surface area contributed by atoms with E-state index in [2.05, 4.69) is 10.3 Å². The molecule has 1 saturated heterocycles. The standard InChI is InChI=1S/C14H22N4O/c1-17(2)10-13-4-3-9-18(13)14(19)11-5-7-12(16-15)8-6-11/h5-8,13,16H,3-4,9-10,15H2,1-2H3. The summed E-state index contributed by atoms with van der Waals surface area (Å²) in [5, 5.41) is 0. The van der Waals surface area contributed by atoms with Crippen molar-refractivity contribution in [3.8, 4) is 0 Å². The summed E-state index contributed by atoms with van der Waals surface area (Å²) >= 11 is 0. The van der Waals surface area contributed by atoms with Gasteiger partial charge in [-0.05, 0) is 51.2 Å². The molecule has 1 fully saturated rings. The number of carbonyl (C=O) groups excluding carboxylic acids is 1. The fraction of sp³-hybridized carbons (Fsp3) is 0.500. The Morgan fingerprint density at radius 3 is 2.68 bits per heavy atom. The average molecular weight is 262 g/mol. The van der Waals surface area contributed by atoms with E-state index in [4.69, 9.17) is 5.84 Å². The molecule has 2 rings (SSSR count). The zero-order chi connectivity index (χ0) is 13.8. The van der Waals surface area contributed by atoms with Crippen LogP contribution in [0.1, 0.15) is 23.2 Å². The number of nitrogens with zero attached hydrogens (tertiary/aromatic N) is 2. The van der Waals surface area contributed by atoms with Gasteiger partial charge >= 0.3 is 0 Å². The number of benzene rings is 1. The van der Waals surface area contributed by atoms with E-state index >= 15 is 0 Å². The first kappa shape index (κ1) is 13.8. The molecule has 0 radical (unpaired) electrons. The predicted octanol–water partition coefficient (Wildman–Crippen LogP) is 1.14. The highest BCUT2D eigenvalue weighted by Crippen LogP contribution is 2.21. The molecule has 0 aliphatic carbocycles. The van der Waals surface area contributed by atoms with Gasteiger partial charge < -0.3 is 15.2 Å². The van der Waals surface area contributed by atoms with E-state index in [1.165, 1.54) is 0 Å². The Kier molecular flexibility index (Phi) is 4.39. The van der Waals surface area contributed by atoms with Crippen molar-refractivity contribution in [2.24, 2.45) is 5.84 Å². The molecule has 1 atom stereocenters. The number of likely N-dealkylation sites (N-methyl/N-ethyl adjacent to an activating group) is 1. The number of nitrogens with one attached hydrogen (secondary N) is 1. The first-order valence-corrected chi connectivity index (χ1v) is 6.64. The molecular formula is C14H22N4O. The minimum absolute atomic E-state index is 0.118. The Bertz CT molecular complexity index is 430. The van der Waals surface area contributed by atoms with Crippen LogP contribution in [-0.2, 0) is 0 Å². The quantitative estimate of drug-likeness (QED) is 0.631. The molecule has 3 N–H and O–H groups in total. The van der Waals surface area contributed by atoms with E-state index in [1.807, 2.05) is 43.3 Å². The van der Waals surface area contributed by atoms with E-state index in [-0.39, 0.29) is 5.91 Å². The summed E-state index contributed by atoms with van der Waals surface area (Å²) in [7, 11) is 4.09. The van der Waals surface area contributed by atoms with Gasteiger partial charge in [0.05, 0.1) is 0 Å². The third-order valence-corrected chi connectivity index (χ3v) is 3.51. The molecule has 0 saturated carbocycles. The lowest BCUT2D eigenvalue weighted by atomic mass is 10.1. The summed E-state index contributed by atoms with van der Waals surface area (Å²) in [6.07, 6.45) is 2.18. The lowest BCUT2D eigenvalue weighted by Crippen LogP contribution is -2.41. The molecule has 19 heavy (non-hydrogen) atoms. The number of hydrogen-bond acceptors (Lipinski definition) is 4. The van der Waals surface area contributed by atoms with Crippen molar-refractivity contribution in [3.63, 3.8) is 0 Å². The molecule has 1 aromatic carbocycles. The number of carbonyl (C=O) groups is 1. The maximum atomic E-state index is 12.5. The Morgan fingerprint density at radius 1 is 1.42 bits per heavy atom. The molecular weight excluding hydrogens is 240 g/mol. The van der Waals surface area contributed by atoms with Crippen molar-refractivity contribution in [3.05, 3.63) is 29.8 Å². The van der Waals surface area contributed by atoms with Gasteiger partial charge in [0.1, 0.15) is 0 Å². The Morgan fingerprint density at radius 2 is 2.11 bits per heavy atom. The topological polar surface area (TPSA) is 61.6 Å². The molecule has 1 aliphatic rings. The van der Waals surface area contributed by atoms with Crippen LogP contribution in [0.4, 0.5) is 5.69 Å². The van der Waals surface area contributed by atoms with Crippen molar-refractivity contribution in [1.82, 2.24) is 9.80 Å². The van der Waals surface area contributed by atoms with Crippen LogP contribution in [0.25, 0.3) is 0 Å². The minimum atomic E-state index is 0.118. The van der Waals surface area contributed by atoms with Gasteiger partial charge in [-0.1, -0.05) is 0 Å². The Balaban J connectivity index is 2.09. The maximum absolute atomic E-state index is 12.5. The van der Waals surface area contributed by atoms with Gasteiger partial charge in [0, 0.05) is 30.4 Å². The van der Waals surface area contributed by atoms with Crippen LogP contribution in [0.2, 0.25) is 0 Å². The third kappa shape index (κ3) is 3.24. The molecule has 0 spiro atoms. The highest BCUT2D eigenvalue weighted by atomic mass is 16.2. The second kappa shape index (κ2) is 6.04. The van der Waals surface area contributed by atoms with Gasteiger partial charge in [0.2, 0.25) is 0 Å². The molecule has 1 aromatic rings. The van der Waals surface area contributed by atoms with E-state index in [0.29, 0.717) is 6.04 Å². The van der Waals surface area contributed by atoms with Crippen LogP contribution in [0.15, 0.2) is 24.3 Å². The number of rotatable bonds is 4. The first-order valence-electron chi connectivity index (χ1n) is 6.64. The molecule has 1 unspecified atom stereocenters. The number of nitrogen functional groups attached to an aromatic ring is 1. The van der Waals surface area contributed by atoms with Gasteiger partial charge in [-0.3, -0.25) is 10.6 Å². The maximum Gasteiger partial charge on any atom is 0.254 e. The summed E-state index contributed by atoms with van der Waals surface area (Å²) in [4.78, 5) is 16.6. The van der Waals surface area contributed by atoms with Gasteiger partial charge in [-0.25, -0.2) is 0 Å². The summed E-state index contributed by atoms with van der Waals surface area (Å²) in [6.45, 7) is 1.78. The summed E-state index contributed by atoms with van der Waals surface area (Å²) in [5.74, 6) is 5.44. The molecule has 0 bridgehead atoms. The Labute approximate surface area is 114 Å². The van der Waals surface area contributed by atoms with E-state index < -0.39 is 0 Å². The second-order valence-corrected chi connectivity index (χ2v) is 5.28. The second-order valence-electron chi connectivity index (χ2n) is 5.28. The highest BCUT2D eigenvalue weighted by molar-refractivity contribution is 5.95. The predicted molar refractivity (Wildman–Crippen MR) is 76.9 cm³/mol. The van der Waals surface area contributed by atoms with Crippen LogP contribution in [0.5, 0.6) is 0 Å². The summed E-state index contributed by atoms with van der Waals surface area (Å²) in [6, 6.07) is 7.62. The van der Waals surface area contributed by atoms with Crippen molar-refractivity contribution in [2.45, 2.75) is 18.9 Å². The number of hydrogen-bond donors (Lipinski definition) is 2. The molecule has 5 nitrogen and oxygen atoms in total. The molecule has 5 heteroatoms. The normalized spacial score (nSPS) is 18.9. The largest absolute Gasteiger partial charge is 0.334 e. The van der Waals surface area contributed by atoms with Crippen LogP contribution >= 0.6 is 0 Å². The number of nitrogens with two attached hydrogens (primary N) is 1. The first-order chi connectivity index (χ1) is 9.11. The van der Waals surface area contributed by atoms with E-state index in [1.54, 1.807) is 0 Å². The molecule has 1 amide bonds. The van der Waals surface area contributed by atoms with Crippen LogP contribution in [-0.4, -0.2) is 48.9 Å². The zero-order valence-electron chi connectivity index (χ0n) is 11.6. The smallest absolute Gasteiger partial charge is 0.254 e. The molecule has 1 heterocycles. The van der Waals surface area contributed by atoms with E-state index in [9.17, 15) is 4.79 Å². The number of likely N-dealkylation sites (tertiary alicyclic amines) is 1. The van der Waals surface area contributed by atoms with Gasteiger partial charge in [0.15, 0.2) is 0 Å². The van der Waals surface area contributed by atoms with Crippen molar-refractivity contribution < 1.29 is 4.79 Å². The van der Waals surface area contributed by atoms with Crippen LogP contribution in [0, 0.1) is 0 Å². The lowest BCUT2D eigenvalue weighted by Gasteiger charge is -2.27. The van der Waals surface area contributed by atoms with Gasteiger partial charge in [-0.2, -0.15) is 0 Å². The minimum Gasteiger partial charge on any atom is -0.334 e. The SMILES string of the molecule is CN(C)CC1CCCN1C(=O)c1ccc(NN)cc1. The molecule has 1 aliphatic heterocycles. The number of hydrazine groups is 1. The summed E-state index contributed by atoms with van der Waals surface area (Å²) in [5.41, 5.74) is 4.10. The average Bonchev–Trinajstić information content (AvgIpc) is 2.85. The fourth-order valence-electron chi connectivity index (χ4n) is 2.59. The molecule has 0 aromatic heterocycles. The van der Waals surface area contributed by atoms with Crippen LogP contribution in [0.3, 0.4) is 0 Å². The number of anilines is 1. The lowest BCUT2D eigenvalue weighted by molar-refractivity contribution is 0.0716. The fourth-order valence-corrected chi connectivity index (χ4v) is 2.59. The zero-order valence-corrected chi connectivity index (χ0v) is 11.6. The highest BCUT2D eigenvalue weighted by Gasteiger charge is 2.29.